The largest absolute Gasteiger partial charge is 0.342 e. The van der Waals surface area contributed by atoms with Crippen LogP contribution in [0.1, 0.15) is 44.0 Å². The Morgan fingerprint density at radius 2 is 1.68 bits per heavy atom. The van der Waals surface area contributed by atoms with Gasteiger partial charge in [0.1, 0.15) is 0 Å². The Kier molecular flexibility index (Phi) is 6.56. The molecule has 0 aliphatic carbocycles. The summed E-state index contributed by atoms with van der Waals surface area (Å²) < 4.78 is 26.0. The fourth-order valence-corrected chi connectivity index (χ4v) is 3.30. The van der Waals surface area contributed by atoms with E-state index in [-0.39, 0.29) is 16.8 Å². The molecule has 0 unspecified atom stereocenters. The highest BCUT2D eigenvalue weighted by Crippen LogP contribution is 2.17. The second-order valence-electron chi connectivity index (χ2n) is 5.72. The van der Waals surface area contributed by atoms with Crippen LogP contribution in [0.25, 0.3) is 0 Å². The molecule has 1 aromatic carbocycles. The summed E-state index contributed by atoms with van der Waals surface area (Å²) in [6.45, 7) is 6.41. The molecule has 1 aromatic rings. The molecule has 0 saturated carbocycles. The Balaban J connectivity index is 2.94. The van der Waals surface area contributed by atoms with E-state index in [9.17, 15) is 13.2 Å². The summed E-state index contributed by atoms with van der Waals surface area (Å²) in [4.78, 5) is 14.1. The second-order valence-corrected chi connectivity index (χ2v) is 7.72. The molecule has 0 saturated heterocycles. The number of hydrogen-bond donors (Lipinski definition) is 0. The number of amides is 1. The zero-order valence-electron chi connectivity index (χ0n) is 14.0. The predicted octanol–water partition coefficient (Wildman–Crippen LogP) is 2.59. The topological polar surface area (TPSA) is 57.7 Å². The van der Waals surface area contributed by atoms with Crippen LogP contribution in [-0.4, -0.2) is 50.2 Å². The summed E-state index contributed by atoms with van der Waals surface area (Å²) in [6.07, 6.45) is 1.98. The van der Waals surface area contributed by atoms with Crippen molar-refractivity contribution in [3.05, 3.63) is 29.8 Å². The lowest BCUT2D eigenvalue weighted by Gasteiger charge is -2.21. The van der Waals surface area contributed by atoms with Gasteiger partial charge in [0, 0.05) is 32.2 Å². The Morgan fingerprint density at radius 3 is 2.14 bits per heavy atom. The van der Waals surface area contributed by atoms with Crippen molar-refractivity contribution in [1.82, 2.24) is 9.21 Å². The van der Waals surface area contributed by atoms with Gasteiger partial charge in [-0.2, -0.15) is 4.31 Å². The molecule has 1 amide bonds. The van der Waals surface area contributed by atoms with Gasteiger partial charge in [0.05, 0.1) is 4.90 Å². The van der Waals surface area contributed by atoms with Crippen molar-refractivity contribution in [2.45, 2.75) is 44.6 Å². The SMILES string of the molecule is CCCCN(C)C(=O)c1ccc(S(=O)(=O)N(C)C(C)C)cc1. The standard InChI is InChI=1S/C16H26N2O3S/c1-6-7-12-17(4)16(19)14-8-10-15(11-9-14)22(20,21)18(5)13(2)3/h8-11,13H,6-7,12H2,1-5H3. The van der Waals surface area contributed by atoms with E-state index in [1.165, 1.54) is 16.4 Å². The van der Waals surface area contributed by atoms with Crippen LogP contribution in [0, 0.1) is 0 Å². The Hall–Kier alpha value is -1.40. The first-order chi connectivity index (χ1) is 10.2. The molecule has 0 aliphatic rings. The predicted molar refractivity (Wildman–Crippen MR) is 88.4 cm³/mol. The van der Waals surface area contributed by atoms with Gasteiger partial charge in [-0.15, -0.1) is 0 Å². The fraction of sp³-hybridized carbons (Fsp3) is 0.562. The van der Waals surface area contributed by atoms with Gasteiger partial charge in [0.25, 0.3) is 5.91 Å². The molecule has 0 aliphatic heterocycles. The minimum Gasteiger partial charge on any atom is -0.342 e. The Morgan fingerprint density at radius 1 is 1.14 bits per heavy atom. The number of rotatable bonds is 7. The molecule has 0 bridgehead atoms. The van der Waals surface area contributed by atoms with E-state index in [4.69, 9.17) is 0 Å². The Labute approximate surface area is 134 Å². The number of benzene rings is 1. The maximum atomic E-state index is 12.4. The summed E-state index contributed by atoms with van der Waals surface area (Å²) in [5.41, 5.74) is 0.504. The van der Waals surface area contributed by atoms with Crippen molar-refractivity contribution in [2.75, 3.05) is 20.6 Å². The molecule has 0 fully saturated rings. The number of unbranched alkanes of at least 4 members (excludes halogenated alkanes) is 1. The van der Waals surface area contributed by atoms with Crippen molar-refractivity contribution >= 4 is 15.9 Å². The van der Waals surface area contributed by atoms with Crippen LogP contribution in [0.2, 0.25) is 0 Å². The third-order valence-electron chi connectivity index (χ3n) is 3.70. The molecule has 6 heteroatoms. The second kappa shape index (κ2) is 7.74. The van der Waals surface area contributed by atoms with Crippen molar-refractivity contribution in [3.63, 3.8) is 0 Å². The lowest BCUT2D eigenvalue weighted by Crippen LogP contribution is -2.33. The minimum absolute atomic E-state index is 0.0883. The van der Waals surface area contributed by atoms with Gasteiger partial charge >= 0.3 is 0 Å². The maximum absolute atomic E-state index is 12.4. The lowest BCUT2D eigenvalue weighted by atomic mass is 10.2. The van der Waals surface area contributed by atoms with E-state index in [0.29, 0.717) is 12.1 Å². The molecule has 22 heavy (non-hydrogen) atoms. The first kappa shape index (κ1) is 18.6. The van der Waals surface area contributed by atoms with E-state index in [1.807, 2.05) is 13.8 Å². The number of nitrogens with zero attached hydrogens (tertiary/aromatic N) is 2. The van der Waals surface area contributed by atoms with Gasteiger partial charge in [0.15, 0.2) is 0 Å². The highest BCUT2D eigenvalue weighted by Gasteiger charge is 2.23. The summed E-state index contributed by atoms with van der Waals surface area (Å²) in [5, 5.41) is 0. The quantitative estimate of drug-likeness (QED) is 0.774. The summed E-state index contributed by atoms with van der Waals surface area (Å²) in [7, 11) is -0.194. The Bertz CT molecular complexity index is 594. The first-order valence-corrected chi connectivity index (χ1v) is 8.99. The number of sulfonamides is 1. The molecule has 0 atom stereocenters. The average molecular weight is 326 g/mol. The maximum Gasteiger partial charge on any atom is 0.253 e. The van der Waals surface area contributed by atoms with Gasteiger partial charge in [-0.05, 0) is 44.5 Å². The van der Waals surface area contributed by atoms with Crippen LogP contribution in [-0.2, 0) is 10.0 Å². The van der Waals surface area contributed by atoms with Crippen molar-refractivity contribution < 1.29 is 13.2 Å². The summed E-state index contributed by atoms with van der Waals surface area (Å²) in [5.74, 6) is -0.0883. The van der Waals surface area contributed by atoms with Crippen LogP contribution in [0.15, 0.2) is 29.2 Å². The highest BCUT2D eigenvalue weighted by atomic mass is 32.2. The summed E-state index contributed by atoms with van der Waals surface area (Å²) in [6, 6.07) is 6.02. The molecule has 0 N–H and O–H groups in total. The monoisotopic (exact) mass is 326 g/mol. The van der Waals surface area contributed by atoms with Crippen LogP contribution >= 0.6 is 0 Å². The molecule has 1 rings (SSSR count). The molecule has 124 valence electrons. The van der Waals surface area contributed by atoms with Gasteiger partial charge < -0.3 is 4.90 Å². The molecular weight excluding hydrogens is 300 g/mol. The zero-order chi connectivity index (χ0) is 16.9. The van der Waals surface area contributed by atoms with Gasteiger partial charge in [-0.1, -0.05) is 13.3 Å². The van der Waals surface area contributed by atoms with Crippen molar-refractivity contribution in [3.8, 4) is 0 Å². The average Bonchev–Trinajstić information content (AvgIpc) is 2.50. The van der Waals surface area contributed by atoms with E-state index in [2.05, 4.69) is 6.92 Å². The molecule has 0 aromatic heterocycles. The van der Waals surface area contributed by atoms with Crippen molar-refractivity contribution in [1.29, 1.82) is 0 Å². The zero-order valence-corrected chi connectivity index (χ0v) is 14.9. The van der Waals surface area contributed by atoms with Gasteiger partial charge in [-0.3, -0.25) is 4.79 Å². The first-order valence-electron chi connectivity index (χ1n) is 7.55. The third-order valence-corrected chi connectivity index (χ3v) is 5.75. The van der Waals surface area contributed by atoms with Crippen LogP contribution < -0.4 is 0 Å². The molecule has 5 nitrogen and oxygen atoms in total. The van der Waals surface area contributed by atoms with Gasteiger partial charge in [0.2, 0.25) is 10.0 Å². The molecule has 0 heterocycles. The minimum atomic E-state index is -3.51. The smallest absolute Gasteiger partial charge is 0.253 e. The number of carbonyl (C=O) groups is 1. The third kappa shape index (κ3) is 4.30. The fourth-order valence-electron chi connectivity index (χ4n) is 1.93. The normalized spacial score (nSPS) is 12.0. The van der Waals surface area contributed by atoms with Crippen LogP contribution in [0.5, 0.6) is 0 Å². The summed E-state index contributed by atoms with van der Waals surface area (Å²) >= 11 is 0. The van der Waals surface area contributed by atoms with Crippen molar-refractivity contribution in [2.24, 2.45) is 0 Å². The van der Waals surface area contributed by atoms with Gasteiger partial charge in [-0.25, -0.2) is 8.42 Å². The number of carbonyl (C=O) groups excluding carboxylic acids is 1. The molecule has 0 spiro atoms. The van der Waals surface area contributed by atoms with E-state index in [1.54, 1.807) is 31.1 Å². The van der Waals surface area contributed by atoms with Crippen LogP contribution in [0.4, 0.5) is 0 Å². The van der Waals surface area contributed by atoms with E-state index >= 15 is 0 Å². The van der Waals surface area contributed by atoms with E-state index in [0.717, 1.165) is 12.8 Å². The highest BCUT2D eigenvalue weighted by molar-refractivity contribution is 7.89. The number of hydrogen-bond acceptors (Lipinski definition) is 3. The van der Waals surface area contributed by atoms with E-state index < -0.39 is 10.0 Å². The molecule has 0 radical (unpaired) electrons. The molecular formula is C16H26N2O3S. The van der Waals surface area contributed by atoms with Crippen LogP contribution in [0.3, 0.4) is 0 Å². The lowest BCUT2D eigenvalue weighted by molar-refractivity contribution is 0.0793.